The van der Waals surface area contributed by atoms with Gasteiger partial charge >= 0.3 is 0 Å². The van der Waals surface area contributed by atoms with Gasteiger partial charge in [-0.3, -0.25) is 9.59 Å². The molecule has 1 atom stereocenters. The fourth-order valence-corrected chi connectivity index (χ4v) is 2.01. The Morgan fingerprint density at radius 1 is 1.35 bits per heavy atom. The summed E-state index contributed by atoms with van der Waals surface area (Å²) in [5, 5.41) is 0. The molecule has 5 nitrogen and oxygen atoms in total. The van der Waals surface area contributed by atoms with Crippen molar-refractivity contribution in [2.75, 3.05) is 23.4 Å². The van der Waals surface area contributed by atoms with Crippen LogP contribution in [0.4, 0.5) is 11.4 Å². The number of hydrogen-bond donors (Lipinski definition) is 1. The first-order valence-electron chi connectivity index (χ1n) is 5.42. The lowest BCUT2D eigenvalue weighted by Gasteiger charge is -2.22. The van der Waals surface area contributed by atoms with Gasteiger partial charge in [0.1, 0.15) is 6.04 Å². The van der Waals surface area contributed by atoms with E-state index in [0.29, 0.717) is 5.69 Å². The topological polar surface area (TPSA) is 66.6 Å². The molecular weight excluding hydrogens is 218 g/mol. The number of nitrogens with two attached hydrogens (primary N) is 1. The Bertz CT molecular complexity index is 473. The molecule has 1 aliphatic rings. The molecule has 2 amide bonds. The third kappa shape index (κ3) is 1.89. The van der Waals surface area contributed by atoms with Crippen molar-refractivity contribution in [3.05, 3.63) is 24.3 Å². The Labute approximate surface area is 99.8 Å². The Kier molecular flexibility index (Phi) is 2.85. The van der Waals surface area contributed by atoms with Gasteiger partial charge in [-0.15, -0.1) is 0 Å². The normalized spacial score (nSPS) is 19.9. The third-order valence-electron chi connectivity index (χ3n) is 2.94. The Balaban J connectivity index is 2.57. The van der Waals surface area contributed by atoms with Crippen LogP contribution in [0.15, 0.2) is 24.3 Å². The maximum absolute atomic E-state index is 11.9. The van der Waals surface area contributed by atoms with Crippen LogP contribution in [-0.2, 0) is 9.59 Å². The number of para-hydroxylation sites is 2. The molecule has 0 spiro atoms. The lowest BCUT2D eigenvalue weighted by molar-refractivity contribution is -0.119. The average molecular weight is 233 g/mol. The Hall–Kier alpha value is -1.88. The fourth-order valence-electron chi connectivity index (χ4n) is 2.01. The molecule has 0 radical (unpaired) electrons. The molecule has 0 saturated heterocycles. The highest BCUT2D eigenvalue weighted by molar-refractivity contribution is 6.06. The van der Waals surface area contributed by atoms with Gasteiger partial charge in [0, 0.05) is 14.0 Å². The molecular formula is C12H15N3O2. The van der Waals surface area contributed by atoms with Crippen LogP contribution in [0.2, 0.25) is 0 Å². The molecule has 90 valence electrons. The molecule has 1 unspecified atom stereocenters. The van der Waals surface area contributed by atoms with Crippen molar-refractivity contribution >= 4 is 23.2 Å². The van der Waals surface area contributed by atoms with Crippen LogP contribution >= 0.6 is 0 Å². The number of amides is 2. The summed E-state index contributed by atoms with van der Waals surface area (Å²) in [6.45, 7) is 1.69. The standard InChI is InChI=1S/C12H15N3O2/c1-8(16)15-7-9(13)12(17)14(2)10-5-3-4-6-11(10)15/h3-6,9H,7,13H2,1-2H3. The van der Waals surface area contributed by atoms with Gasteiger partial charge in [0.15, 0.2) is 0 Å². The van der Waals surface area contributed by atoms with Crippen molar-refractivity contribution in [1.82, 2.24) is 0 Å². The van der Waals surface area contributed by atoms with Gasteiger partial charge in [-0.25, -0.2) is 0 Å². The van der Waals surface area contributed by atoms with Gasteiger partial charge < -0.3 is 15.5 Å². The van der Waals surface area contributed by atoms with E-state index in [9.17, 15) is 9.59 Å². The van der Waals surface area contributed by atoms with Gasteiger partial charge in [0.05, 0.1) is 17.9 Å². The third-order valence-corrected chi connectivity index (χ3v) is 2.94. The van der Waals surface area contributed by atoms with Crippen molar-refractivity contribution < 1.29 is 9.59 Å². The number of benzene rings is 1. The van der Waals surface area contributed by atoms with Crippen molar-refractivity contribution in [2.45, 2.75) is 13.0 Å². The number of likely N-dealkylation sites (N-methyl/N-ethyl adjacent to an activating group) is 1. The summed E-state index contributed by atoms with van der Waals surface area (Å²) in [6, 6.07) is 6.61. The van der Waals surface area contributed by atoms with Crippen LogP contribution in [0, 0.1) is 0 Å². The van der Waals surface area contributed by atoms with Gasteiger partial charge in [-0.05, 0) is 12.1 Å². The fraction of sp³-hybridized carbons (Fsp3) is 0.333. The van der Waals surface area contributed by atoms with Crippen LogP contribution < -0.4 is 15.5 Å². The quantitative estimate of drug-likeness (QED) is 0.702. The Morgan fingerprint density at radius 2 is 1.94 bits per heavy atom. The summed E-state index contributed by atoms with van der Waals surface area (Å²) in [7, 11) is 1.67. The van der Waals surface area contributed by atoms with Crippen LogP contribution in [-0.4, -0.2) is 31.4 Å². The molecule has 0 aromatic heterocycles. The molecule has 1 aromatic rings. The number of carbonyl (C=O) groups is 2. The number of rotatable bonds is 0. The molecule has 1 aliphatic heterocycles. The molecule has 2 rings (SSSR count). The van der Waals surface area contributed by atoms with E-state index in [-0.39, 0.29) is 18.4 Å². The first-order chi connectivity index (χ1) is 8.02. The SMILES string of the molecule is CC(=O)N1CC(N)C(=O)N(C)c2ccccc21. The van der Waals surface area contributed by atoms with E-state index in [0.717, 1.165) is 5.69 Å². The van der Waals surface area contributed by atoms with Crippen molar-refractivity contribution in [2.24, 2.45) is 5.73 Å². The minimum absolute atomic E-state index is 0.115. The summed E-state index contributed by atoms with van der Waals surface area (Å²) in [6.07, 6.45) is 0. The summed E-state index contributed by atoms with van der Waals surface area (Å²) in [4.78, 5) is 26.6. The van der Waals surface area contributed by atoms with Crippen molar-refractivity contribution in [3.8, 4) is 0 Å². The first kappa shape index (κ1) is 11.6. The van der Waals surface area contributed by atoms with Gasteiger partial charge in [-0.2, -0.15) is 0 Å². The highest BCUT2D eigenvalue weighted by Gasteiger charge is 2.30. The molecule has 5 heteroatoms. The van der Waals surface area contributed by atoms with Crippen molar-refractivity contribution in [3.63, 3.8) is 0 Å². The Morgan fingerprint density at radius 3 is 2.53 bits per heavy atom. The second kappa shape index (κ2) is 4.18. The smallest absolute Gasteiger partial charge is 0.245 e. The second-order valence-electron chi connectivity index (χ2n) is 4.12. The maximum Gasteiger partial charge on any atom is 0.245 e. The van der Waals surface area contributed by atoms with Crippen LogP contribution in [0.1, 0.15) is 6.92 Å². The molecule has 0 fully saturated rings. The number of carbonyl (C=O) groups excluding carboxylic acids is 2. The van der Waals surface area contributed by atoms with Gasteiger partial charge in [0.25, 0.3) is 0 Å². The van der Waals surface area contributed by atoms with Crippen LogP contribution in [0.3, 0.4) is 0 Å². The molecule has 1 aromatic carbocycles. The minimum Gasteiger partial charge on any atom is -0.318 e. The van der Waals surface area contributed by atoms with Crippen LogP contribution in [0.25, 0.3) is 0 Å². The molecule has 0 bridgehead atoms. The largest absolute Gasteiger partial charge is 0.318 e. The molecule has 0 aliphatic carbocycles. The molecule has 17 heavy (non-hydrogen) atoms. The zero-order valence-electron chi connectivity index (χ0n) is 9.88. The first-order valence-corrected chi connectivity index (χ1v) is 5.42. The van der Waals surface area contributed by atoms with E-state index in [2.05, 4.69) is 0 Å². The van der Waals surface area contributed by atoms with Gasteiger partial charge in [-0.1, -0.05) is 12.1 Å². The van der Waals surface area contributed by atoms with E-state index in [4.69, 9.17) is 5.73 Å². The van der Waals surface area contributed by atoms with Gasteiger partial charge in [0.2, 0.25) is 11.8 Å². The molecule has 1 heterocycles. The van der Waals surface area contributed by atoms with E-state index in [1.807, 2.05) is 18.2 Å². The monoisotopic (exact) mass is 233 g/mol. The zero-order chi connectivity index (χ0) is 12.6. The summed E-state index contributed by atoms with van der Waals surface area (Å²) in [5.41, 5.74) is 7.23. The number of hydrogen-bond acceptors (Lipinski definition) is 3. The minimum atomic E-state index is -0.684. The van der Waals surface area contributed by atoms with E-state index in [1.165, 1.54) is 11.8 Å². The highest BCUT2D eigenvalue weighted by Crippen LogP contribution is 2.31. The van der Waals surface area contributed by atoms with E-state index in [1.54, 1.807) is 18.0 Å². The number of anilines is 2. The summed E-state index contributed by atoms with van der Waals surface area (Å²) < 4.78 is 0. The number of fused-ring (bicyclic) bond motifs is 1. The predicted octanol–water partition coefficient (Wildman–Crippen LogP) is 0.343. The van der Waals surface area contributed by atoms with Crippen molar-refractivity contribution in [1.29, 1.82) is 0 Å². The summed E-state index contributed by atoms with van der Waals surface area (Å²) >= 11 is 0. The average Bonchev–Trinajstić information content (AvgIpc) is 2.41. The van der Waals surface area contributed by atoms with Crippen LogP contribution in [0.5, 0.6) is 0 Å². The maximum atomic E-state index is 11.9. The lowest BCUT2D eigenvalue weighted by atomic mass is 10.2. The molecule has 0 saturated carbocycles. The van der Waals surface area contributed by atoms with E-state index < -0.39 is 6.04 Å². The second-order valence-corrected chi connectivity index (χ2v) is 4.12. The lowest BCUT2D eigenvalue weighted by Crippen LogP contribution is -2.47. The van der Waals surface area contributed by atoms with E-state index >= 15 is 0 Å². The highest BCUT2D eigenvalue weighted by atomic mass is 16.2. The summed E-state index contributed by atoms with van der Waals surface area (Å²) in [5.74, 6) is -0.294. The predicted molar refractivity (Wildman–Crippen MR) is 65.9 cm³/mol. The number of nitrogens with zero attached hydrogens (tertiary/aromatic N) is 2. The molecule has 2 N–H and O–H groups in total. The zero-order valence-corrected chi connectivity index (χ0v) is 9.88.